The molecule has 3 aromatic carbocycles. The fourth-order valence-corrected chi connectivity index (χ4v) is 5.28. The van der Waals surface area contributed by atoms with Gasteiger partial charge in [-0.2, -0.15) is 0 Å². The topological polar surface area (TPSA) is 71.3 Å². The van der Waals surface area contributed by atoms with E-state index in [1.807, 2.05) is 67.6 Å². The van der Waals surface area contributed by atoms with Crippen LogP contribution >= 0.6 is 11.6 Å². The van der Waals surface area contributed by atoms with E-state index in [0.717, 1.165) is 28.2 Å². The molecule has 174 valence electrons. The van der Waals surface area contributed by atoms with Crippen molar-refractivity contribution in [1.82, 2.24) is 0 Å². The molecule has 0 fully saturated rings. The highest BCUT2D eigenvalue weighted by atomic mass is 35.5. The summed E-state index contributed by atoms with van der Waals surface area (Å²) in [5.74, 6) is 0.0281. The Balaban J connectivity index is 1.51. The van der Waals surface area contributed by atoms with E-state index in [9.17, 15) is 9.59 Å². The molecule has 0 spiro atoms. The molecule has 6 rings (SSSR count). The smallest absolute Gasteiger partial charge is 0.198 e. The van der Waals surface area contributed by atoms with Crippen LogP contribution < -0.4 is 16.1 Å². The van der Waals surface area contributed by atoms with Gasteiger partial charge in [0.15, 0.2) is 11.2 Å². The lowest BCUT2D eigenvalue weighted by molar-refractivity contribution is -0.116. The summed E-state index contributed by atoms with van der Waals surface area (Å²) in [5, 5.41) is 8.15. The van der Waals surface area contributed by atoms with Crippen molar-refractivity contribution in [2.24, 2.45) is 0 Å². The van der Waals surface area contributed by atoms with E-state index < -0.39 is 6.04 Å². The number of halogens is 1. The van der Waals surface area contributed by atoms with E-state index in [4.69, 9.17) is 16.0 Å². The minimum absolute atomic E-state index is 0.00717. The van der Waals surface area contributed by atoms with Gasteiger partial charge in [-0.05, 0) is 61.2 Å². The number of para-hydroxylation sites is 2. The van der Waals surface area contributed by atoms with E-state index in [-0.39, 0.29) is 17.1 Å². The molecule has 2 unspecified atom stereocenters. The summed E-state index contributed by atoms with van der Waals surface area (Å²) in [7, 11) is 0. The van der Waals surface area contributed by atoms with Crippen molar-refractivity contribution in [3.8, 4) is 0 Å². The van der Waals surface area contributed by atoms with Crippen LogP contribution in [0, 0.1) is 6.92 Å². The number of ketones is 1. The van der Waals surface area contributed by atoms with Crippen LogP contribution in [0.1, 0.15) is 41.5 Å². The predicted molar refractivity (Wildman–Crippen MR) is 139 cm³/mol. The number of fused-ring (bicyclic) bond motifs is 2. The Hall–Kier alpha value is -3.83. The van der Waals surface area contributed by atoms with Crippen molar-refractivity contribution in [3.63, 3.8) is 0 Å². The zero-order valence-electron chi connectivity index (χ0n) is 19.1. The van der Waals surface area contributed by atoms with Crippen LogP contribution in [-0.2, 0) is 4.79 Å². The zero-order valence-corrected chi connectivity index (χ0v) is 19.9. The molecule has 2 heterocycles. The Morgan fingerprint density at radius 1 is 0.943 bits per heavy atom. The normalized spacial score (nSPS) is 19.4. The molecule has 4 aromatic rings. The van der Waals surface area contributed by atoms with Gasteiger partial charge in [0, 0.05) is 22.7 Å². The predicted octanol–water partition coefficient (Wildman–Crippen LogP) is 6.73. The van der Waals surface area contributed by atoms with Gasteiger partial charge in [-0.15, -0.1) is 0 Å². The summed E-state index contributed by atoms with van der Waals surface area (Å²) in [5.41, 5.74) is 5.97. The Labute approximate surface area is 207 Å². The molecule has 2 aliphatic rings. The zero-order chi connectivity index (χ0) is 24.1. The molecular formula is C29H23ClN2O3. The van der Waals surface area contributed by atoms with Crippen molar-refractivity contribution in [3.05, 3.63) is 116 Å². The number of rotatable bonds is 2. The molecule has 0 amide bonds. The molecule has 5 nitrogen and oxygen atoms in total. The van der Waals surface area contributed by atoms with Gasteiger partial charge in [-0.3, -0.25) is 9.59 Å². The average molecular weight is 483 g/mol. The standard InChI is InChI=1S/C29H23ClN2O3/c1-16-6-11-26-20(12-16)29(34)21(15-35-26)28-27-24(31-22-4-2-3-5-23(22)32-28)13-18(14-25(27)33)17-7-9-19(30)10-8-17/h2-12,15,18,28,31-32H,13-14H2,1H3. The summed E-state index contributed by atoms with van der Waals surface area (Å²) < 4.78 is 5.87. The molecule has 2 N–H and O–H groups in total. The first-order valence-electron chi connectivity index (χ1n) is 11.6. The number of aryl methyl sites for hydroxylation is 1. The van der Waals surface area contributed by atoms with Gasteiger partial charge in [-0.25, -0.2) is 0 Å². The van der Waals surface area contributed by atoms with E-state index >= 15 is 0 Å². The van der Waals surface area contributed by atoms with Crippen LogP contribution in [0.3, 0.4) is 0 Å². The second kappa shape index (κ2) is 8.43. The van der Waals surface area contributed by atoms with Gasteiger partial charge in [0.1, 0.15) is 11.8 Å². The first kappa shape index (κ1) is 21.7. The lowest BCUT2D eigenvalue weighted by Crippen LogP contribution is -2.29. The average Bonchev–Trinajstić information content (AvgIpc) is 3.02. The highest BCUT2D eigenvalue weighted by Crippen LogP contribution is 2.44. The summed E-state index contributed by atoms with van der Waals surface area (Å²) in [6.45, 7) is 1.94. The second-order valence-corrected chi connectivity index (χ2v) is 9.68. The summed E-state index contributed by atoms with van der Waals surface area (Å²) >= 11 is 6.09. The Morgan fingerprint density at radius 3 is 2.51 bits per heavy atom. The molecule has 0 bridgehead atoms. The molecule has 6 heteroatoms. The molecule has 1 aliphatic carbocycles. The number of nitrogens with one attached hydrogen (secondary N) is 2. The van der Waals surface area contributed by atoms with Gasteiger partial charge in [0.05, 0.1) is 28.4 Å². The van der Waals surface area contributed by atoms with Crippen LogP contribution in [0.15, 0.2) is 93.5 Å². The van der Waals surface area contributed by atoms with E-state index in [1.165, 1.54) is 6.26 Å². The molecule has 0 saturated heterocycles. The molecule has 1 aromatic heterocycles. The maximum Gasteiger partial charge on any atom is 0.198 e. The van der Waals surface area contributed by atoms with Crippen LogP contribution in [0.4, 0.5) is 11.4 Å². The number of benzene rings is 3. The van der Waals surface area contributed by atoms with E-state index in [2.05, 4.69) is 10.6 Å². The minimum Gasteiger partial charge on any atom is -0.464 e. The van der Waals surface area contributed by atoms with E-state index in [0.29, 0.717) is 40.0 Å². The van der Waals surface area contributed by atoms with Crippen LogP contribution in [0.25, 0.3) is 11.0 Å². The van der Waals surface area contributed by atoms with Gasteiger partial charge in [0.2, 0.25) is 0 Å². The van der Waals surface area contributed by atoms with Gasteiger partial charge in [0.25, 0.3) is 0 Å². The number of hydrogen-bond acceptors (Lipinski definition) is 5. The number of carbonyl (C=O) groups excluding carboxylic acids is 1. The fraction of sp³-hybridized carbons (Fsp3) is 0.172. The molecule has 1 aliphatic heterocycles. The molecule has 0 radical (unpaired) electrons. The molecule has 0 saturated carbocycles. The molecule has 35 heavy (non-hydrogen) atoms. The first-order chi connectivity index (χ1) is 17.0. The third kappa shape index (κ3) is 3.82. The maximum atomic E-state index is 13.7. The summed E-state index contributed by atoms with van der Waals surface area (Å²) in [4.78, 5) is 27.3. The molecule has 2 atom stereocenters. The largest absolute Gasteiger partial charge is 0.464 e. The van der Waals surface area contributed by atoms with Crippen LogP contribution in [-0.4, -0.2) is 5.78 Å². The van der Waals surface area contributed by atoms with Crippen LogP contribution in [0.5, 0.6) is 0 Å². The Bertz CT molecular complexity index is 1570. The molecular weight excluding hydrogens is 460 g/mol. The summed E-state index contributed by atoms with van der Waals surface area (Å²) in [6.07, 6.45) is 2.50. The monoisotopic (exact) mass is 482 g/mol. The van der Waals surface area contributed by atoms with Crippen molar-refractivity contribution in [1.29, 1.82) is 0 Å². The van der Waals surface area contributed by atoms with Gasteiger partial charge < -0.3 is 15.1 Å². The van der Waals surface area contributed by atoms with Crippen molar-refractivity contribution >= 4 is 39.7 Å². The van der Waals surface area contributed by atoms with Crippen molar-refractivity contribution < 1.29 is 9.21 Å². The lowest BCUT2D eigenvalue weighted by atomic mass is 9.78. The van der Waals surface area contributed by atoms with Crippen molar-refractivity contribution in [2.45, 2.75) is 31.7 Å². The Morgan fingerprint density at radius 2 is 1.71 bits per heavy atom. The number of hydrogen-bond donors (Lipinski definition) is 2. The lowest BCUT2D eigenvalue weighted by Gasteiger charge is -2.29. The maximum absolute atomic E-state index is 13.7. The summed E-state index contributed by atoms with van der Waals surface area (Å²) in [6, 6.07) is 20.4. The highest BCUT2D eigenvalue weighted by Gasteiger charge is 2.37. The number of anilines is 2. The number of allylic oxidation sites excluding steroid dienone is 1. The SMILES string of the molecule is Cc1ccc2occ(C3Nc4ccccc4NC4=C3C(=O)CC(c3ccc(Cl)cc3)C4)c(=O)c2c1. The van der Waals surface area contributed by atoms with Crippen molar-refractivity contribution in [2.75, 3.05) is 10.6 Å². The number of Topliss-reactive ketones (excluding diaryl/α,β-unsaturated/α-hetero) is 1. The van der Waals surface area contributed by atoms with Gasteiger partial charge in [-0.1, -0.05) is 47.5 Å². The van der Waals surface area contributed by atoms with E-state index in [1.54, 1.807) is 6.07 Å². The van der Waals surface area contributed by atoms with Crippen LogP contribution in [0.2, 0.25) is 5.02 Å². The second-order valence-electron chi connectivity index (χ2n) is 9.24. The Kier molecular flexibility index (Phi) is 5.23. The first-order valence-corrected chi connectivity index (χ1v) is 12.0. The fourth-order valence-electron chi connectivity index (χ4n) is 5.16. The number of carbonyl (C=O) groups is 1. The quantitative estimate of drug-likeness (QED) is 0.331. The minimum atomic E-state index is -0.624. The van der Waals surface area contributed by atoms with Gasteiger partial charge >= 0.3 is 0 Å². The third-order valence-electron chi connectivity index (χ3n) is 6.92. The highest BCUT2D eigenvalue weighted by molar-refractivity contribution is 6.30. The third-order valence-corrected chi connectivity index (χ3v) is 7.17.